The van der Waals surface area contributed by atoms with E-state index in [1.165, 1.54) is 12.8 Å². The maximum atomic E-state index is 12.2. The van der Waals surface area contributed by atoms with E-state index in [1.54, 1.807) is 0 Å². The van der Waals surface area contributed by atoms with Gasteiger partial charge in [0.2, 0.25) is 0 Å². The van der Waals surface area contributed by atoms with E-state index in [4.69, 9.17) is 4.74 Å². The van der Waals surface area contributed by atoms with Gasteiger partial charge in [-0.3, -0.25) is 0 Å². The first-order chi connectivity index (χ1) is 8.94. The van der Waals surface area contributed by atoms with E-state index >= 15 is 0 Å². The van der Waals surface area contributed by atoms with Crippen LogP contribution in [0.1, 0.15) is 49.5 Å². The van der Waals surface area contributed by atoms with Gasteiger partial charge in [-0.15, -0.1) is 0 Å². The fourth-order valence-electron chi connectivity index (χ4n) is 2.28. The van der Waals surface area contributed by atoms with Gasteiger partial charge in [0.15, 0.2) is 0 Å². The number of ether oxygens (including phenoxy) is 1. The molecule has 0 aliphatic heterocycles. The summed E-state index contributed by atoms with van der Waals surface area (Å²) >= 11 is 3.39. The van der Waals surface area contributed by atoms with Crippen LogP contribution in [0.25, 0.3) is 0 Å². The SMILES string of the molecule is CC(C1CC1)C(C)(C)OC(=O)c1ccc(CBr)cc1. The van der Waals surface area contributed by atoms with Crippen LogP contribution < -0.4 is 0 Å². The summed E-state index contributed by atoms with van der Waals surface area (Å²) in [7, 11) is 0. The topological polar surface area (TPSA) is 26.3 Å². The summed E-state index contributed by atoms with van der Waals surface area (Å²) in [5, 5.41) is 0.798. The number of halogens is 1. The molecule has 1 atom stereocenters. The van der Waals surface area contributed by atoms with Gasteiger partial charge in [0.1, 0.15) is 5.60 Å². The van der Waals surface area contributed by atoms with E-state index in [1.807, 2.05) is 38.1 Å². The van der Waals surface area contributed by atoms with Crippen molar-refractivity contribution in [1.82, 2.24) is 0 Å². The number of alkyl halides is 1. The molecule has 3 heteroatoms. The lowest BCUT2D eigenvalue weighted by atomic mass is 9.88. The molecule has 1 saturated carbocycles. The Morgan fingerprint density at radius 3 is 2.42 bits per heavy atom. The number of hydrogen-bond donors (Lipinski definition) is 0. The third-order valence-electron chi connectivity index (χ3n) is 4.13. The quantitative estimate of drug-likeness (QED) is 0.586. The van der Waals surface area contributed by atoms with Crippen molar-refractivity contribution in [2.75, 3.05) is 0 Å². The molecule has 2 nitrogen and oxygen atoms in total. The maximum absolute atomic E-state index is 12.2. The van der Waals surface area contributed by atoms with Crippen LogP contribution in [0, 0.1) is 11.8 Å². The highest BCUT2D eigenvalue weighted by Crippen LogP contribution is 2.43. The highest BCUT2D eigenvalue weighted by atomic mass is 79.9. The molecule has 2 rings (SSSR count). The zero-order chi connectivity index (χ0) is 14.0. The first-order valence-electron chi connectivity index (χ1n) is 6.82. The molecule has 1 aromatic rings. The standard InChI is InChI=1S/C16H21BrO2/c1-11(13-8-9-13)16(2,3)19-15(18)14-6-4-12(10-17)5-7-14/h4-7,11,13H,8-10H2,1-3H3. The lowest BCUT2D eigenvalue weighted by Crippen LogP contribution is -2.36. The zero-order valence-electron chi connectivity index (χ0n) is 11.8. The largest absolute Gasteiger partial charge is 0.456 e. The van der Waals surface area contributed by atoms with E-state index in [0.29, 0.717) is 11.5 Å². The van der Waals surface area contributed by atoms with Crippen molar-refractivity contribution in [3.63, 3.8) is 0 Å². The number of rotatable bonds is 5. The summed E-state index contributed by atoms with van der Waals surface area (Å²) in [4.78, 5) is 12.2. The minimum atomic E-state index is -0.396. The van der Waals surface area contributed by atoms with Crippen LogP contribution >= 0.6 is 15.9 Å². The Morgan fingerprint density at radius 1 is 1.37 bits per heavy atom. The van der Waals surface area contributed by atoms with E-state index in [-0.39, 0.29) is 5.97 Å². The van der Waals surface area contributed by atoms with Gasteiger partial charge in [-0.25, -0.2) is 4.79 Å². The molecule has 1 unspecified atom stereocenters. The van der Waals surface area contributed by atoms with Crippen LogP contribution in [-0.4, -0.2) is 11.6 Å². The summed E-state index contributed by atoms with van der Waals surface area (Å²) in [5.74, 6) is 0.912. The van der Waals surface area contributed by atoms with E-state index < -0.39 is 5.60 Å². The van der Waals surface area contributed by atoms with Gasteiger partial charge in [0.05, 0.1) is 5.56 Å². The smallest absolute Gasteiger partial charge is 0.338 e. The summed E-state index contributed by atoms with van der Waals surface area (Å²) in [6.07, 6.45) is 2.53. The molecular weight excluding hydrogens is 304 g/mol. The number of benzene rings is 1. The van der Waals surface area contributed by atoms with Gasteiger partial charge in [-0.05, 0) is 56.2 Å². The third-order valence-corrected chi connectivity index (χ3v) is 4.77. The minimum Gasteiger partial charge on any atom is -0.456 e. The molecule has 0 aromatic heterocycles. The van der Waals surface area contributed by atoms with Crippen LogP contribution in [0.4, 0.5) is 0 Å². The molecule has 1 aliphatic carbocycles. The predicted octanol–water partition coefficient (Wildman–Crippen LogP) is 4.56. The van der Waals surface area contributed by atoms with E-state index in [2.05, 4.69) is 22.9 Å². The monoisotopic (exact) mass is 324 g/mol. The molecule has 1 aliphatic rings. The Hall–Kier alpha value is -0.830. The second-order valence-corrected chi connectivity index (χ2v) is 6.51. The molecule has 0 N–H and O–H groups in total. The van der Waals surface area contributed by atoms with Crippen LogP contribution in [-0.2, 0) is 10.1 Å². The van der Waals surface area contributed by atoms with Crippen LogP contribution in [0.2, 0.25) is 0 Å². The molecule has 104 valence electrons. The van der Waals surface area contributed by atoms with Crippen molar-refractivity contribution in [2.24, 2.45) is 11.8 Å². The second kappa shape index (κ2) is 5.66. The molecule has 1 aromatic carbocycles. The van der Waals surface area contributed by atoms with Crippen molar-refractivity contribution in [1.29, 1.82) is 0 Å². The first-order valence-corrected chi connectivity index (χ1v) is 7.94. The van der Waals surface area contributed by atoms with Gasteiger partial charge in [-0.1, -0.05) is 35.0 Å². The molecule has 0 radical (unpaired) electrons. The number of carbonyl (C=O) groups is 1. The summed E-state index contributed by atoms with van der Waals surface area (Å²) in [5.41, 5.74) is 1.38. The normalized spacial score (nSPS) is 17.1. The zero-order valence-corrected chi connectivity index (χ0v) is 13.4. The van der Waals surface area contributed by atoms with Crippen LogP contribution in [0.5, 0.6) is 0 Å². The molecule has 0 bridgehead atoms. The molecule has 0 saturated heterocycles. The number of esters is 1. The molecule has 19 heavy (non-hydrogen) atoms. The maximum Gasteiger partial charge on any atom is 0.338 e. The average molecular weight is 325 g/mol. The van der Waals surface area contributed by atoms with Gasteiger partial charge in [0, 0.05) is 5.33 Å². The number of hydrogen-bond acceptors (Lipinski definition) is 2. The average Bonchev–Trinajstić information content (AvgIpc) is 3.21. The van der Waals surface area contributed by atoms with Crippen molar-refractivity contribution >= 4 is 21.9 Å². The van der Waals surface area contributed by atoms with Gasteiger partial charge >= 0.3 is 5.97 Å². The predicted molar refractivity (Wildman–Crippen MR) is 80.5 cm³/mol. The van der Waals surface area contributed by atoms with Gasteiger partial charge in [-0.2, -0.15) is 0 Å². The van der Waals surface area contributed by atoms with Crippen LogP contribution in [0.3, 0.4) is 0 Å². The Labute approximate surface area is 123 Å². The second-order valence-electron chi connectivity index (χ2n) is 5.95. The van der Waals surface area contributed by atoms with E-state index in [0.717, 1.165) is 16.8 Å². The third kappa shape index (κ3) is 3.59. The fraction of sp³-hybridized carbons (Fsp3) is 0.562. The van der Waals surface area contributed by atoms with Gasteiger partial charge in [0.25, 0.3) is 0 Å². The Morgan fingerprint density at radius 2 is 1.95 bits per heavy atom. The highest BCUT2D eigenvalue weighted by Gasteiger charge is 2.40. The van der Waals surface area contributed by atoms with Crippen molar-refractivity contribution < 1.29 is 9.53 Å². The lowest BCUT2D eigenvalue weighted by Gasteiger charge is -2.31. The number of carbonyl (C=O) groups excluding carboxylic acids is 1. The Bertz CT molecular complexity index is 446. The van der Waals surface area contributed by atoms with Crippen molar-refractivity contribution in [2.45, 2.75) is 44.5 Å². The van der Waals surface area contributed by atoms with Crippen molar-refractivity contribution in [3.8, 4) is 0 Å². The lowest BCUT2D eigenvalue weighted by molar-refractivity contribution is -0.0308. The molecule has 1 fully saturated rings. The highest BCUT2D eigenvalue weighted by molar-refractivity contribution is 9.08. The minimum absolute atomic E-state index is 0.223. The van der Waals surface area contributed by atoms with Gasteiger partial charge < -0.3 is 4.74 Å². The van der Waals surface area contributed by atoms with E-state index in [9.17, 15) is 4.79 Å². The summed E-state index contributed by atoms with van der Waals surface area (Å²) in [6.45, 7) is 6.21. The fourth-order valence-corrected chi connectivity index (χ4v) is 2.66. The van der Waals surface area contributed by atoms with Crippen LogP contribution in [0.15, 0.2) is 24.3 Å². The molecule has 0 amide bonds. The summed E-state index contributed by atoms with van der Waals surface area (Å²) < 4.78 is 5.71. The molecular formula is C16H21BrO2. The summed E-state index contributed by atoms with van der Waals surface area (Å²) in [6, 6.07) is 7.55. The Kier molecular flexibility index (Phi) is 4.34. The Balaban J connectivity index is 2.02. The molecule has 0 spiro atoms. The first kappa shape index (κ1) is 14.6. The molecule has 0 heterocycles. The van der Waals surface area contributed by atoms with Crippen molar-refractivity contribution in [3.05, 3.63) is 35.4 Å².